The van der Waals surface area contributed by atoms with Crippen LogP contribution in [0.5, 0.6) is 0 Å². The molecule has 0 saturated carbocycles. The van der Waals surface area contributed by atoms with Gasteiger partial charge in [0, 0.05) is 24.2 Å². The van der Waals surface area contributed by atoms with Crippen molar-refractivity contribution in [3.05, 3.63) is 54.4 Å². The quantitative estimate of drug-likeness (QED) is 0.428. The monoisotopic (exact) mass is 287 g/mol. The molecule has 1 aromatic heterocycles. The van der Waals surface area contributed by atoms with E-state index in [2.05, 4.69) is 11.1 Å². The summed E-state index contributed by atoms with van der Waals surface area (Å²) in [4.78, 5) is 15.4. The third-order valence-corrected chi connectivity index (χ3v) is 3.64. The molecule has 0 radical (unpaired) electrons. The zero-order valence-corrected chi connectivity index (χ0v) is 12.1. The zero-order chi connectivity index (χ0) is 14.2. The van der Waals surface area contributed by atoms with Crippen LogP contribution in [0.1, 0.15) is 30.7 Å². The molecule has 2 aromatic rings. The molecule has 0 bridgehead atoms. The molecule has 1 heterocycles. The van der Waals surface area contributed by atoms with Gasteiger partial charge in [0.25, 0.3) is 0 Å². The number of hydrogen-bond acceptors (Lipinski definition) is 2. The molecular formula is C17H18ClNO. The Labute approximate surface area is 124 Å². The second-order valence-corrected chi connectivity index (χ2v) is 5.17. The van der Waals surface area contributed by atoms with E-state index in [1.165, 1.54) is 0 Å². The van der Waals surface area contributed by atoms with Crippen LogP contribution in [0.3, 0.4) is 0 Å². The number of pyridine rings is 1. The van der Waals surface area contributed by atoms with E-state index in [1.807, 2.05) is 36.5 Å². The SMILES string of the molecule is O=CC(CCCCCl)c1cccc(-c2cccnc2)c1. The van der Waals surface area contributed by atoms with E-state index in [-0.39, 0.29) is 5.92 Å². The highest BCUT2D eigenvalue weighted by atomic mass is 35.5. The first-order valence-corrected chi connectivity index (χ1v) is 7.40. The van der Waals surface area contributed by atoms with Crippen molar-refractivity contribution < 1.29 is 4.79 Å². The number of carbonyl (C=O) groups is 1. The van der Waals surface area contributed by atoms with Crippen LogP contribution in [0, 0.1) is 0 Å². The predicted octanol–water partition coefficient (Wildman–Crippen LogP) is 4.44. The summed E-state index contributed by atoms with van der Waals surface area (Å²) in [5.41, 5.74) is 3.23. The molecule has 0 aliphatic carbocycles. The maximum absolute atomic E-state index is 11.3. The van der Waals surface area contributed by atoms with Gasteiger partial charge in [-0.25, -0.2) is 0 Å². The summed E-state index contributed by atoms with van der Waals surface area (Å²) in [6.07, 6.45) is 7.41. The summed E-state index contributed by atoms with van der Waals surface area (Å²) in [6, 6.07) is 12.1. The lowest BCUT2D eigenvalue weighted by molar-refractivity contribution is -0.109. The number of carbonyl (C=O) groups excluding carboxylic acids is 1. The van der Waals surface area contributed by atoms with Gasteiger partial charge in [-0.1, -0.05) is 36.8 Å². The topological polar surface area (TPSA) is 30.0 Å². The third kappa shape index (κ3) is 3.91. The number of aromatic nitrogens is 1. The van der Waals surface area contributed by atoms with E-state index >= 15 is 0 Å². The molecule has 1 atom stereocenters. The molecule has 0 spiro atoms. The van der Waals surface area contributed by atoms with Gasteiger partial charge in [-0.15, -0.1) is 11.6 Å². The first-order chi connectivity index (χ1) is 9.85. The molecule has 0 fully saturated rings. The maximum Gasteiger partial charge on any atom is 0.127 e. The smallest absolute Gasteiger partial charge is 0.127 e. The van der Waals surface area contributed by atoms with Gasteiger partial charge in [0.05, 0.1) is 0 Å². The third-order valence-electron chi connectivity index (χ3n) is 3.37. The van der Waals surface area contributed by atoms with Crippen molar-refractivity contribution in [2.75, 3.05) is 5.88 Å². The number of halogens is 1. The van der Waals surface area contributed by atoms with Crippen molar-refractivity contribution in [3.63, 3.8) is 0 Å². The molecule has 2 rings (SSSR count). The molecule has 0 aliphatic heterocycles. The molecular weight excluding hydrogens is 270 g/mol. The lowest BCUT2D eigenvalue weighted by atomic mass is 9.92. The standard InChI is InChI=1S/C17H18ClNO/c18-9-2-1-5-17(13-20)15-7-3-6-14(11-15)16-8-4-10-19-12-16/h3-4,6-8,10-13,17H,1-2,5,9H2. The number of benzene rings is 1. The molecule has 3 heteroatoms. The fourth-order valence-corrected chi connectivity index (χ4v) is 2.44. The van der Waals surface area contributed by atoms with Crippen LogP contribution >= 0.6 is 11.6 Å². The molecule has 1 unspecified atom stereocenters. The average Bonchev–Trinajstić information content (AvgIpc) is 2.53. The van der Waals surface area contributed by atoms with Crippen molar-refractivity contribution in [1.29, 1.82) is 0 Å². The molecule has 104 valence electrons. The van der Waals surface area contributed by atoms with E-state index in [0.717, 1.165) is 42.2 Å². The van der Waals surface area contributed by atoms with E-state index in [4.69, 9.17) is 11.6 Å². The van der Waals surface area contributed by atoms with Gasteiger partial charge in [-0.2, -0.15) is 0 Å². The van der Waals surface area contributed by atoms with E-state index < -0.39 is 0 Å². The minimum Gasteiger partial charge on any atom is -0.303 e. The largest absolute Gasteiger partial charge is 0.303 e. The summed E-state index contributed by atoms with van der Waals surface area (Å²) < 4.78 is 0. The minimum absolute atomic E-state index is 0.0464. The molecule has 0 aliphatic rings. The Balaban J connectivity index is 2.18. The molecule has 0 amide bonds. The fraction of sp³-hybridized carbons (Fsp3) is 0.294. The van der Waals surface area contributed by atoms with Crippen molar-refractivity contribution in [3.8, 4) is 11.1 Å². The summed E-state index contributed by atoms with van der Waals surface area (Å²) in [5.74, 6) is 0.608. The average molecular weight is 288 g/mol. The normalized spacial score (nSPS) is 12.1. The number of hydrogen-bond donors (Lipinski definition) is 0. The molecule has 0 saturated heterocycles. The van der Waals surface area contributed by atoms with Crippen LogP contribution in [0.2, 0.25) is 0 Å². The lowest BCUT2D eigenvalue weighted by Gasteiger charge is -2.12. The Morgan fingerprint density at radius 2 is 2.00 bits per heavy atom. The molecule has 1 aromatic carbocycles. The van der Waals surface area contributed by atoms with Crippen LogP contribution in [0.15, 0.2) is 48.8 Å². The Hall–Kier alpha value is -1.67. The fourth-order valence-electron chi connectivity index (χ4n) is 2.25. The van der Waals surface area contributed by atoms with Gasteiger partial charge in [0.2, 0.25) is 0 Å². The lowest BCUT2D eigenvalue weighted by Crippen LogP contribution is -2.01. The summed E-state index contributed by atoms with van der Waals surface area (Å²) in [7, 11) is 0. The Morgan fingerprint density at radius 1 is 1.15 bits per heavy atom. The number of rotatable bonds is 7. The van der Waals surface area contributed by atoms with Gasteiger partial charge in [0.15, 0.2) is 0 Å². The summed E-state index contributed by atoms with van der Waals surface area (Å²) in [6.45, 7) is 0. The minimum atomic E-state index is -0.0464. The van der Waals surface area contributed by atoms with Crippen LogP contribution in [-0.2, 0) is 4.79 Å². The van der Waals surface area contributed by atoms with Crippen LogP contribution < -0.4 is 0 Å². The van der Waals surface area contributed by atoms with E-state index in [9.17, 15) is 4.79 Å². The molecule has 20 heavy (non-hydrogen) atoms. The first kappa shape index (κ1) is 14.7. The second-order valence-electron chi connectivity index (χ2n) is 4.79. The number of nitrogens with zero attached hydrogens (tertiary/aromatic N) is 1. The first-order valence-electron chi connectivity index (χ1n) is 6.87. The summed E-state index contributed by atoms with van der Waals surface area (Å²) in [5, 5.41) is 0. The Kier molecular flexibility index (Phi) is 5.75. The van der Waals surface area contributed by atoms with Gasteiger partial charge in [-0.05, 0) is 35.6 Å². The zero-order valence-electron chi connectivity index (χ0n) is 11.3. The van der Waals surface area contributed by atoms with E-state index in [1.54, 1.807) is 6.20 Å². The number of unbranched alkanes of at least 4 members (excludes halogenated alkanes) is 1. The number of alkyl halides is 1. The van der Waals surface area contributed by atoms with Crippen LogP contribution in [0.25, 0.3) is 11.1 Å². The molecule has 2 nitrogen and oxygen atoms in total. The Bertz CT molecular complexity index is 542. The summed E-state index contributed by atoms with van der Waals surface area (Å²) >= 11 is 5.68. The van der Waals surface area contributed by atoms with Crippen molar-refractivity contribution in [2.45, 2.75) is 25.2 Å². The van der Waals surface area contributed by atoms with Gasteiger partial charge >= 0.3 is 0 Å². The Morgan fingerprint density at radius 3 is 2.70 bits per heavy atom. The second kappa shape index (κ2) is 7.81. The van der Waals surface area contributed by atoms with Gasteiger partial charge in [0.1, 0.15) is 6.29 Å². The van der Waals surface area contributed by atoms with Crippen molar-refractivity contribution >= 4 is 17.9 Å². The van der Waals surface area contributed by atoms with Crippen molar-refractivity contribution in [2.24, 2.45) is 0 Å². The molecule has 0 N–H and O–H groups in total. The van der Waals surface area contributed by atoms with Gasteiger partial charge in [-0.3, -0.25) is 4.98 Å². The highest BCUT2D eigenvalue weighted by Gasteiger charge is 2.11. The highest BCUT2D eigenvalue weighted by molar-refractivity contribution is 6.17. The van der Waals surface area contributed by atoms with Crippen LogP contribution in [-0.4, -0.2) is 17.2 Å². The van der Waals surface area contributed by atoms with E-state index in [0.29, 0.717) is 5.88 Å². The van der Waals surface area contributed by atoms with Crippen molar-refractivity contribution in [1.82, 2.24) is 4.98 Å². The highest BCUT2D eigenvalue weighted by Crippen LogP contribution is 2.25. The number of aldehydes is 1. The van der Waals surface area contributed by atoms with Gasteiger partial charge < -0.3 is 4.79 Å². The van der Waals surface area contributed by atoms with Crippen LogP contribution in [0.4, 0.5) is 0 Å². The maximum atomic E-state index is 11.3. The predicted molar refractivity (Wildman–Crippen MR) is 83.0 cm³/mol.